The van der Waals surface area contributed by atoms with Crippen LogP contribution in [0.3, 0.4) is 0 Å². The van der Waals surface area contributed by atoms with Crippen molar-refractivity contribution < 1.29 is 18.4 Å². The Morgan fingerprint density at radius 1 is 0.973 bits per heavy atom. The van der Waals surface area contributed by atoms with Crippen molar-refractivity contribution in [2.45, 2.75) is 31.6 Å². The first kappa shape index (κ1) is 26.1. The van der Waals surface area contributed by atoms with Crippen LogP contribution in [0.1, 0.15) is 48.3 Å². The maximum absolute atomic E-state index is 13.6. The minimum absolute atomic E-state index is 0.0633. The Balaban J connectivity index is 1.62. The lowest BCUT2D eigenvalue weighted by atomic mass is 9.65. The van der Waals surface area contributed by atoms with Crippen LogP contribution in [0, 0.1) is 29.4 Å². The zero-order valence-electron chi connectivity index (χ0n) is 20.6. The molecule has 0 radical (unpaired) electrons. The van der Waals surface area contributed by atoms with Gasteiger partial charge in [0.05, 0.1) is 0 Å². The molecule has 1 amide bonds. The summed E-state index contributed by atoms with van der Waals surface area (Å²) in [5.41, 5.74) is 8.54. The van der Waals surface area contributed by atoms with Crippen molar-refractivity contribution in [3.63, 3.8) is 0 Å². The van der Waals surface area contributed by atoms with Gasteiger partial charge in [0.1, 0.15) is 11.6 Å². The quantitative estimate of drug-likeness (QED) is 0.351. The van der Waals surface area contributed by atoms with Crippen molar-refractivity contribution in [3.8, 4) is 12.3 Å². The number of hydrogen-bond donors (Lipinski definition) is 1. The molecule has 37 heavy (non-hydrogen) atoms. The van der Waals surface area contributed by atoms with Crippen molar-refractivity contribution >= 4 is 11.7 Å². The van der Waals surface area contributed by atoms with Crippen LogP contribution in [0.25, 0.3) is 5.57 Å². The van der Waals surface area contributed by atoms with E-state index in [1.807, 2.05) is 18.2 Å². The number of piperidine rings is 1. The van der Waals surface area contributed by atoms with Crippen molar-refractivity contribution in [2.75, 3.05) is 13.1 Å². The van der Waals surface area contributed by atoms with Crippen LogP contribution in [-0.4, -0.2) is 24.2 Å². The fraction of sp³-hybridized carbons (Fsp3) is 0.258. The van der Waals surface area contributed by atoms with E-state index in [0.29, 0.717) is 32.4 Å². The van der Waals surface area contributed by atoms with E-state index in [4.69, 9.17) is 17.0 Å². The number of halogens is 2. The topological polar surface area (TPSA) is 55.6 Å². The minimum atomic E-state index is -0.827. The van der Waals surface area contributed by atoms with Gasteiger partial charge in [0.25, 0.3) is 0 Å². The van der Waals surface area contributed by atoms with Gasteiger partial charge in [0, 0.05) is 24.4 Å². The number of carbonyl (C=O) groups excluding carboxylic acids is 1. The first-order valence-corrected chi connectivity index (χ1v) is 12.4. The molecule has 3 aromatic rings. The molecule has 1 fully saturated rings. The molecule has 0 aliphatic carbocycles. The third kappa shape index (κ3) is 6.44. The molecule has 1 unspecified atom stereocenters. The number of terminal acetylenes is 1. The summed E-state index contributed by atoms with van der Waals surface area (Å²) in [4.78, 5) is 16.3. The molecule has 1 heterocycles. The highest BCUT2D eigenvalue weighted by Gasteiger charge is 2.41. The molecular weight excluding hydrogens is 470 g/mol. The first-order chi connectivity index (χ1) is 17.9. The second kappa shape index (κ2) is 11.9. The Bertz CT molecular complexity index is 1210. The second-order valence-corrected chi connectivity index (χ2v) is 9.31. The van der Waals surface area contributed by atoms with E-state index in [0.717, 1.165) is 28.7 Å². The molecule has 0 aromatic heterocycles. The van der Waals surface area contributed by atoms with Gasteiger partial charge in [-0.05, 0) is 72.2 Å². The maximum atomic E-state index is 13.6. The highest BCUT2D eigenvalue weighted by Crippen LogP contribution is 2.47. The number of hydrogen-bond acceptors (Lipinski definition) is 3. The number of rotatable bonds is 8. The molecule has 4 nitrogen and oxygen atoms in total. The third-order valence-electron chi connectivity index (χ3n) is 7.10. The smallest absolute Gasteiger partial charge is 0.351 e. The standard InChI is InChI=1S/C31H30F2N2O2/c1-2-31(19-21-35(22-20-31)37-30(34)36)29(25-7-4-3-5-8-25)10-6-9-28(23-11-15-26(32)16-12-23)24-13-17-27(33)18-14-24/h1,3-5,7-9,11-18,29H,6,10,19-22H2,(H2,34,36). The Hall–Kier alpha value is -3.95. The van der Waals surface area contributed by atoms with Gasteiger partial charge < -0.3 is 10.6 Å². The summed E-state index contributed by atoms with van der Waals surface area (Å²) in [5.74, 6) is 2.54. The normalized spacial score (nSPS) is 15.8. The number of hydroxylamine groups is 2. The molecule has 4 rings (SSSR count). The molecule has 3 aromatic carbocycles. The monoisotopic (exact) mass is 500 g/mol. The number of nitrogens with two attached hydrogens (primary N) is 1. The number of carbonyl (C=O) groups is 1. The van der Waals surface area contributed by atoms with Gasteiger partial charge >= 0.3 is 6.09 Å². The van der Waals surface area contributed by atoms with Gasteiger partial charge in [-0.25, -0.2) is 13.6 Å². The van der Waals surface area contributed by atoms with Crippen LogP contribution in [0.2, 0.25) is 0 Å². The Labute approximate surface area is 216 Å². The zero-order valence-corrected chi connectivity index (χ0v) is 20.6. The summed E-state index contributed by atoms with van der Waals surface area (Å²) in [6, 6.07) is 22.8. The summed E-state index contributed by atoms with van der Waals surface area (Å²) >= 11 is 0. The highest BCUT2D eigenvalue weighted by atomic mass is 19.1. The summed E-state index contributed by atoms with van der Waals surface area (Å²) in [6.07, 6.45) is 10.3. The van der Waals surface area contributed by atoms with Crippen LogP contribution in [0.15, 0.2) is 84.9 Å². The highest BCUT2D eigenvalue weighted by molar-refractivity contribution is 5.79. The molecule has 1 aliphatic rings. The number of nitrogens with zero attached hydrogens (tertiary/aromatic N) is 1. The molecule has 190 valence electrons. The van der Waals surface area contributed by atoms with E-state index >= 15 is 0 Å². The van der Waals surface area contributed by atoms with Crippen molar-refractivity contribution in [3.05, 3.63) is 113 Å². The van der Waals surface area contributed by atoms with E-state index in [2.05, 4.69) is 24.1 Å². The summed E-state index contributed by atoms with van der Waals surface area (Å²) < 4.78 is 27.2. The van der Waals surface area contributed by atoms with Crippen LogP contribution < -0.4 is 5.73 Å². The maximum Gasteiger partial charge on any atom is 0.423 e. The summed E-state index contributed by atoms with van der Waals surface area (Å²) in [5, 5.41) is 1.57. The predicted octanol–water partition coefficient (Wildman–Crippen LogP) is 6.69. The average Bonchev–Trinajstić information content (AvgIpc) is 2.91. The average molecular weight is 501 g/mol. The fourth-order valence-electron chi connectivity index (χ4n) is 5.20. The predicted molar refractivity (Wildman–Crippen MR) is 141 cm³/mol. The Morgan fingerprint density at radius 3 is 2.00 bits per heavy atom. The molecular formula is C31H30F2N2O2. The van der Waals surface area contributed by atoms with Gasteiger partial charge in [-0.2, -0.15) is 0 Å². The molecule has 1 saturated heterocycles. The largest absolute Gasteiger partial charge is 0.423 e. The van der Waals surface area contributed by atoms with E-state index in [9.17, 15) is 13.6 Å². The second-order valence-electron chi connectivity index (χ2n) is 9.31. The van der Waals surface area contributed by atoms with Crippen LogP contribution >= 0.6 is 0 Å². The van der Waals surface area contributed by atoms with E-state index in [-0.39, 0.29) is 17.6 Å². The SMILES string of the molecule is C#CC1(C(CCC=C(c2ccc(F)cc2)c2ccc(F)cc2)c2ccccc2)CCN(OC(N)=O)CC1. The van der Waals surface area contributed by atoms with Gasteiger partial charge in [-0.15, -0.1) is 11.5 Å². The summed E-state index contributed by atoms with van der Waals surface area (Å²) in [7, 11) is 0. The van der Waals surface area contributed by atoms with Crippen LogP contribution in [-0.2, 0) is 4.84 Å². The van der Waals surface area contributed by atoms with Gasteiger partial charge in [-0.1, -0.05) is 66.6 Å². The van der Waals surface area contributed by atoms with E-state index < -0.39 is 11.5 Å². The Kier molecular flexibility index (Phi) is 8.37. The zero-order chi connectivity index (χ0) is 26.3. The molecule has 6 heteroatoms. The van der Waals surface area contributed by atoms with Crippen molar-refractivity contribution in [2.24, 2.45) is 11.1 Å². The number of benzene rings is 3. The number of allylic oxidation sites excluding steroid dienone is 1. The molecule has 0 spiro atoms. The van der Waals surface area contributed by atoms with Gasteiger partial charge in [-0.3, -0.25) is 0 Å². The number of amides is 1. The molecule has 2 N–H and O–H groups in total. The van der Waals surface area contributed by atoms with Crippen LogP contribution in [0.4, 0.5) is 13.6 Å². The molecule has 1 atom stereocenters. The molecule has 0 saturated carbocycles. The fourth-order valence-corrected chi connectivity index (χ4v) is 5.20. The van der Waals surface area contributed by atoms with Gasteiger partial charge in [0.15, 0.2) is 0 Å². The molecule has 0 bridgehead atoms. The lowest BCUT2D eigenvalue weighted by Crippen LogP contribution is -2.44. The first-order valence-electron chi connectivity index (χ1n) is 12.4. The van der Waals surface area contributed by atoms with Gasteiger partial charge in [0.2, 0.25) is 0 Å². The lowest BCUT2D eigenvalue weighted by molar-refractivity contribution is -0.124. The van der Waals surface area contributed by atoms with Crippen LogP contribution in [0.5, 0.6) is 0 Å². The lowest BCUT2D eigenvalue weighted by Gasteiger charge is -2.42. The third-order valence-corrected chi connectivity index (χ3v) is 7.10. The van der Waals surface area contributed by atoms with E-state index in [1.165, 1.54) is 24.3 Å². The van der Waals surface area contributed by atoms with Crippen molar-refractivity contribution in [1.82, 2.24) is 5.06 Å². The van der Waals surface area contributed by atoms with Crippen molar-refractivity contribution in [1.29, 1.82) is 0 Å². The number of primary amides is 1. The van der Waals surface area contributed by atoms with E-state index in [1.54, 1.807) is 29.3 Å². The molecule has 1 aliphatic heterocycles. The Morgan fingerprint density at radius 2 is 1.51 bits per heavy atom. The summed E-state index contributed by atoms with van der Waals surface area (Å²) in [6.45, 7) is 1.01. The minimum Gasteiger partial charge on any atom is -0.351 e.